The minimum atomic E-state index is -0.340. The maximum absolute atomic E-state index is 11.8. The predicted octanol–water partition coefficient (Wildman–Crippen LogP) is 1.08. The molecule has 0 aromatic carbocycles. The van der Waals surface area contributed by atoms with Crippen molar-refractivity contribution >= 4 is 11.8 Å². The van der Waals surface area contributed by atoms with Crippen LogP contribution >= 0.6 is 0 Å². The van der Waals surface area contributed by atoms with Gasteiger partial charge in [-0.15, -0.1) is 0 Å². The molecule has 5 heteroatoms. The van der Waals surface area contributed by atoms with Crippen LogP contribution in [0.2, 0.25) is 0 Å². The third kappa shape index (κ3) is 2.61. The Hall–Kier alpha value is -1.62. The Bertz CT molecular complexity index is 422. The molecular weight excluding hydrogens is 232 g/mol. The lowest BCUT2D eigenvalue weighted by Gasteiger charge is -2.19. The topological polar surface area (TPSA) is 62.7 Å². The molecule has 1 aromatic heterocycles. The van der Waals surface area contributed by atoms with Gasteiger partial charge in [0.25, 0.3) is 0 Å². The molecule has 0 spiro atoms. The van der Waals surface area contributed by atoms with Gasteiger partial charge in [0.05, 0.1) is 6.61 Å². The predicted molar refractivity (Wildman–Crippen MR) is 67.6 cm³/mol. The summed E-state index contributed by atoms with van der Waals surface area (Å²) in [5, 5.41) is 9.15. The van der Waals surface area contributed by atoms with Crippen molar-refractivity contribution in [2.24, 2.45) is 5.92 Å². The first-order chi connectivity index (χ1) is 8.76. The Balaban J connectivity index is 2.20. The smallest absolute Gasteiger partial charge is 0.341 e. The molecule has 1 aliphatic rings. The number of pyridine rings is 1. The maximum atomic E-state index is 11.8. The molecule has 1 atom stereocenters. The number of aromatic nitrogens is 1. The highest BCUT2D eigenvalue weighted by molar-refractivity contribution is 5.94. The third-order valence-corrected chi connectivity index (χ3v) is 3.13. The summed E-state index contributed by atoms with van der Waals surface area (Å²) in [5.41, 5.74) is 0.498. The Labute approximate surface area is 106 Å². The zero-order chi connectivity index (χ0) is 13.0. The number of hydrogen-bond donors (Lipinski definition) is 1. The van der Waals surface area contributed by atoms with Gasteiger partial charge in [0, 0.05) is 31.8 Å². The minimum absolute atomic E-state index is 0.179. The van der Waals surface area contributed by atoms with E-state index in [4.69, 9.17) is 9.84 Å². The standard InChI is InChI=1S/C13H18N2O3/c1-2-18-13(17)11-4-3-6-14-12(11)15-7-5-10(8-15)9-16/h3-4,6,10,16H,2,5,7-9H2,1H3. The molecule has 0 saturated carbocycles. The van der Waals surface area contributed by atoms with Gasteiger partial charge in [-0.1, -0.05) is 0 Å². The van der Waals surface area contributed by atoms with Crippen LogP contribution in [0, 0.1) is 5.92 Å². The van der Waals surface area contributed by atoms with E-state index >= 15 is 0 Å². The van der Waals surface area contributed by atoms with E-state index in [-0.39, 0.29) is 18.5 Å². The summed E-state index contributed by atoms with van der Waals surface area (Å²) in [4.78, 5) is 18.1. The van der Waals surface area contributed by atoms with Crippen LogP contribution in [0.25, 0.3) is 0 Å². The van der Waals surface area contributed by atoms with Crippen LogP contribution in [0.15, 0.2) is 18.3 Å². The quantitative estimate of drug-likeness (QED) is 0.810. The summed E-state index contributed by atoms with van der Waals surface area (Å²) in [6.07, 6.45) is 2.60. The first-order valence-electron chi connectivity index (χ1n) is 6.24. The normalized spacial score (nSPS) is 19.0. The number of rotatable bonds is 4. The van der Waals surface area contributed by atoms with Gasteiger partial charge in [-0.3, -0.25) is 0 Å². The third-order valence-electron chi connectivity index (χ3n) is 3.13. The summed E-state index contributed by atoms with van der Waals surface area (Å²) in [5.74, 6) is 0.585. The van der Waals surface area contributed by atoms with Crippen LogP contribution in [0.1, 0.15) is 23.7 Å². The van der Waals surface area contributed by atoms with Crippen molar-refractivity contribution in [1.29, 1.82) is 0 Å². The molecule has 2 heterocycles. The minimum Gasteiger partial charge on any atom is -0.462 e. The molecule has 1 saturated heterocycles. The number of carbonyl (C=O) groups is 1. The lowest BCUT2D eigenvalue weighted by Crippen LogP contribution is -2.24. The molecule has 0 aliphatic carbocycles. The van der Waals surface area contributed by atoms with Gasteiger partial charge in [-0.25, -0.2) is 9.78 Å². The molecule has 1 aromatic rings. The van der Waals surface area contributed by atoms with Crippen molar-refractivity contribution in [3.63, 3.8) is 0 Å². The van der Waals surface area contributed by atoms with Crippen LogP contribution < -0.4 is 4.90 Å². The molecule has 1 unspecified atom stereocenters. The van der Waals surface area contributed by atoms with Crippen molar-refractivity contribution < 1.29 is 14.6 Å². The number of carbonyl (C=O) groups excluding carboxylic acids is 1. The number of esters is 1. The fourth-order valence-electron chi connectivity index (χ4n) is 2.19. The fourth-order valence-corrected chi connectivity index (χ4v) is 2.19. The van der Waals surface area contributed by atoms with E-state index < -0.39 is 0 Å². The second-order valence-corrected chi connectivity index (χ2v) is 4.38. The van der Waals surface area contributed by atoms with Crippen LogP contribution in [0.3, 0.4) is 0 Å². The summed E-state index contributed by atoms with van der Waals surface area (Å²) >= 11 is 0. The summed E-state index contributed by atoms with van der Waals surface area (Å²) in [7, 11) is 0. The second kappa shape index (κ2) is 5.82. The molecular formula is C13H18N2O3. The van der Waals surface area contributed by atoms with Crippen LogP contribution in [-0.2, 0) is 4.74 Å². The molecule has 18 heavy (non-hydrogen) atoms. The van der Waals surface area contributed by atoms with E-state index in [0.717, 1.165) is 19.5 Å². The first kappa shape index (κ1) is 12.8. The Kier molecular flexibility index (Phi) is 4.15. The van der Waals surface area contributed by atoms with Gasteiger partial charge in [-0.2, -0.15) is 0 Å². The van der Waals surface area contributed by atoms with E-state index in [9.17, 15) is 4.79 Å². The number of nitrogens with zero attached hydrogens (tertiary/aromatic N) is 2. The summed E-state index contributed by atoms with van der Waals surface area (Å²) < 4.78 is 5.03. The number of aliphatic hydroxyl groups is 1. The Morgan fingerprint density at radius 1 is 1.67 bits per heavy atom. The van der Waals surface area contributed by atoms with Gasteiger partial charge in [-0.05, 0) is 25.5 Å². The molecule has 5 nitrogen and oxygen atoms in total. The van der Waals surface area contributed by atoms with Crippen molar-refractivity contribution in [2.75, 3.05) is 31.2 Å². The Morgan fingerprint density at radius 2 is 2.50 bits per heavy atom. The largest absolute Gasteiger partial charge is 0.462 e. The van der Waals surface area contributed by atoms with Crippen LogP contribution in [-0.4, -0.2) is 42.4 Å². The first-order valence-corrected chi connectivity index (χ1v) is 6.24. The molecule has 1 fully saturated rings. The van der Waals surface area contributed by atoms with Crippen LogP contribution in [0.5, 0.6) is 0 Å². The molecule has 0 radical (unpaired) electrons. The summed E-state index contributed by atoms with van der Waals surface area (Å²) in [6.45, 7) is 3.87. The van der Waals surface area contributed by atoms with E-state index in [1.807, 2.05) is 4.90 Å². The molecule has 1 N–H and O–H groups in total. The summed E-state index contributed by atoms with van der Waals surface area (Å²) in [6, 6.07) is 3.46. The zero-order valence-corrected chi connectivity index (χ0v) is 10.5. The number of hydrogen-bond acceptors (Lipinski definition) is 5. The van der Waals surface area contributed by atoms with E-state index in [2.05, 4.69) is 4.98 Å². The van der Waals surface area contributed by atoms with Crippen molar-refractivity contribution in [1.82, 2.24) is 4.98 Å². The molecule has 0 amide bonds. The zero-order valence-electron chi connectivity index (χ0n) is 10.5. The highest BCUT2D eigenvalue weighted by Crippen LogP contribution is 2.25. The number of aliphatic hydroxyl groups excluding tert-OH is 1. The average molecular weight is 250 g/mol. The lowest BCUT2D eigenvalue weighted by atomic mass is 10.1. The number of ether oxygens (including phenoxy) is 1. The van der Waals surface area contributed by atoms with E-state index in [1.165, 1.54) is 0 Å². The second-order valence-electron chi connectivity index (χ2n) is 4.38. The Morgan fingerprint density at radius 3 is 3.17 bits per heavy atom. The molecule has 1 aliphatic heterocycles. The van der Waals surface area contributed by atoms with Crippen molar-refractivity contribution in [2.45, 2.75) is 13.3 Å². The van der Waals surface area contributed by atoms with Gasteiger partial charge < -0.3 is 14.7 Å². The van der Waals surface area contributed by atoms with E-state index in [1.54, 1.807) is 25.3 Å². The van der Waals surface area contributed by atoms with Crippen molar-refractivity contribution in [3.8, 4) is 0 Å². The fraction of sp³-hybridized carbons (Fsp3) is 0.538. The SMILES string of the molecule is CCOC(=O)c1cccnc1N1CCC(CO)C1. The van der Waals surface area contributed by atoms with E-state index in [0.29, 0.717) is 18.0 Å². The molecule has 2 rings (SSSR count). The monoisotopic (exact) mass is 250 g/mol. The van der Waals surface area contributed by atoms with Gasteiger partial charge in [0.2, 0.25) is 0 Å². The van der Waals surface area contributed by atoms with Gasteiger partial charge in [0.15, 0.2) is 0 Å². The molecule has 98 valence electrons. The molecule has 0 bridgehead atoms. The highest BCUT2D eigenvalue weighted by atomic mass is 16.5. The van der Waals surface area contributed by atoms with Crippen molar-refractivity contribution in [3.05, 3.63) is 23.9 Å². The highest BCUT2D eigenvalue weighted by Gasteiger charge is 2.26. The van der Waals surface area contributed by atoms with Gasteiger partial charge in [0.1, 0.15) is 11.4 Å². The average Bonchev–Trinajstić information content (AvgIpc) is 2.87. The number of anilines is 1. The maximum Gasteiger partial charge on any atom is 0.341 e. The lowest BCUT2D eigenvalue weighted by molar-refractivity contribution is 0.0526. The van der Waals surface area contributed by atoms with Crippen LogP contribution in [0.4, 0.5) is 5.82 Å². The van der Waals surface area contributed by atoms with Gasteiger partial charge >= 0.3 is 5.97 Å².